The average Bonchev–Trinajstić information content (AvgIpc) is 3.00. The van der Waals surface area contributed by atoms with Crippen molar-refractivity contribution in [2.75, 3.05) is 20.3 Å². The first-order valence-electron chi connectivity index (χ1n) is 14.7. The number of carbonyl (C=O) groups excluding carboxylic acids is 2. The van der Waals surface area contributed by atoms with E-state index in [1.54, 1.807) is 4.90 Å². The molecule has 0 aliphatic carbocycles. The van der Waals surface area contributed by atoms with Gasteiger partial charge in [-0.25, -0.2) is 9.59 Å². The molecule has 0 saturated carbocycles. The van der Waals surface area contributed by atoms with Gasteiger partial charge in [0, 0.05) is 11.5 Å². The number of rotatable bonds is 8. The molecule has 1 aliphatic rings. The summed E-state index contributed by atoms with van der Waals surface area (Å²) in [6, 6.07) is 30.0. The highest BCUT2D eigenvalue weighted by atomic mass is 16.6. The van der Waals surface area contributed by atoms with Crippen LogP contribution in [0.5, 0.6) is 11.5 Å². The molecule has 43 heavy (non-hydrogen) atoms. The van der Waals surface area contributed by atoms with E-state index in [1.807, 2.05) is 88.4 Å². The van der Waals surface area contributed by atoms with Gasteiger partial charge in [0.1, 0.15) is 23.2 Å². The molecule has 3 atom stereocenters. The molecule has 0 N–H and O–H groups in total. The molecule has 1 heterocycles. The number of hydrogen-bond donors (Lipinski definition) is 0. The van der Waals surface area contributed by atoms with E-state index in [1.165, 1.54) is 7.11 Å². The van der Waals surface area contributed by atoms with E-state index in [0.29, 0.717) is 18.7 Å². The van der Waals surface area contributed by atoms with E-state index < -0.39 is 11.6 Å². The highest BCUT2D eigenvalue weighted by Gasteiger charge is 2.35. The molecule has 0 aromatic heterocycles. The van der Waals surface area contributed by atoms with E-state index >= 15 is 0 Å². The second-order valence-electron chi connectivity index (χ2n) is 11.9. The minimum Gasteiger partial charge on any atom is -0.488 e. The molecule has 0 fully saturated rings. The zero-order chi connectivity index (χ0) is 30.6. The van der Waals surface area contributed by atoms with Crippen LogP contribution in [0.25, 0.3) is 10.8 Å². The van der Waals surface area contributed by atoms with Crippen molar-refractivity contribution in [1.29, 1.82) is 0 Å². The highest BCUT2D eigenvalue weighted by molar-refractivity contribution is 5.86. The molecule has 1 unspecified atom stereocenters. The van der Waals surface area contributed by atoms with Crippen molar-refractivity contribution in [2.45, 2.75) is 57.8 Å². The van der Waals surface area contributed by atoms with Gasteiger partial charge >= 0.3 is 12.1 Å². The second kappa shape index (κ2) is 12.8. The summed E-state index contributed by atoms with van der Waals surface area (Å²) in [6.07, 6.45) is 0.0140. The average molecular weight is 582 g/mol. The summed E-state index contributed by atoms with van der Waals surface area (Å²) in [6.45, 7) is 7.90. The number of para-hydroxylation sites is 1. The smallest absolute Gasteiger partial charge is 0.410 e. The van der Waals surface area contributed by atoms with Crippen molar-refractivity contribution in [1.82, 2.24) is 4.90 Å². The number of carbonyl (C=O) groups is 2. The first-order valence-corrected chi connectivity index (χ1v) is 14.7. The zero-order valence-electron chi connectivity index (χ0n) is 25.4. The van der Waals surface area contributed by atoms with Crippen LogP contribution in [0.15, 0.2) is 91.0 Å². The number of ether oxygens (including phenoxy) is 4. The largest absolute Gasteiger partial charge is 0.488 e. The third-order valence-electron chi connectivity index (χ3n) is 7.72. The lowest BCUT2D eigenvalue weighted by Gasteiger charge is -2.38. The summed E-state index contributed by atoms with van der Waals surface area (Å²) in [5.74, 6) is 0.998. The van der Waals surface area contributed by atoms with E-state index in [0.717, 1.165) is 33.2 Å². The molecule has 1 amide bonds. The third-order valence-corrected chi connectivity index (χ3v) is 7.72. The second-order valence-corrected chi connectivity index (χ2v) is 11.9. The summed E-state index contributed by atoms with van der Waals surface area (Å²) in [5, 5.41) is 2.23. The van der Waals surface area contributed by atoms with Gasteiger partial charge in [0.15, 0.2) is 6.61 Å². The van der Waals surface area contributed by atoms with Crippen LogP contribution < -0.4 is 9.47 Å². The molecule has 0 saturated heterocycles. The van der Waals surface area contributed by atoms with Crippen LogP contribution in [-0.2, 0) is 14.3 Å². The molecule has 224 valence electrons. The van der Waals surface area contributed by atoms with Crippen LogP contribution in [0, 0.1) is 0 Å². The van der Waals surface area contributed by atoms with Gasteiger partial charge in [0.25, 0.3) is 0 Å². The third kappa shape index (κ3) is 7.11. The Kier molecular flexibility index (Phi) is 8.90. The molecule has 7 heteroatoms. The van der Waals surface area contributed by atoms with Crippen LogP contribution >= 0.6 is 0 Å². The standard InChI is InChI=1S/C36H39NO6/c1-24(29-15-10-12-25-11-6-7-13-30(25)29)37(35(39)43-36(2,3)4)22-28-21-32(31-14-8-9-16-33(31)42-28)26-17-19-27(20-18-26)41-23-34(38)40-5/h6-20,24,28,32H,21-23H2,1-5H3/t24-,28+,32?/m1/s1. The lowest BCUT2D eigenvalue weighted by Crippen LogP contribution is -2.45. The Morgan fingerprint density at radius 3 is 2.37 bits per heavy atom. The van der Waals surface area contributed by atoms with Crippen LogP contribution in [0.4, 0.5) is 4.79 Å². The first-order chi connectivity index (χ1) is 20.6. The molecule has 0 spiro atoms. The molecule has 7 nitrogen and oxygen atoms in total. The predicted molar refractivity (Wildman–Crippen MR) is 167 cm³/mol. The van der Waals surface area contributed by atoms with Gasteiger partial charge in [0.05, 0.1) is 19.7 Å². The summed E-state index contributed by atoms with van der Waals surface area (Å²) in [5.41, 5.74) is 2.60. The van der Waals surface area contributed by atoms with Gasteiger partial charge in [-0.3, -0.25) is 4.90 Å². The van der Waals surface area contributed by atoms with Crippen LogP contribution in [0.2, 0.25) is 0 Å². The maximum Gasteiger partial charge on any atom is 0.410 e. The molecular weight excluding hydrogens is 542 g/mol. The number of amides is 1. The summed E-state index contributed by atoms with van der Waals surface area (Å²) < 4.78 is 22.7. The summed E-state index contributed by atoms with van der Waals surface area (Å²) in [7, 11) is 1.33. The van der Waals surface area contributed by atoms with Gasteiger partial charge in [-0.15, -0.1) is 0 Å². The normalized spacial score (nSPS) is 16.9. The Hall–Kier alpha value is -4.52. The maximum atomic E-state index is 13.8. The Morgan fingerprint density at radius 2 is 1.63 bits per heavy atom. The van der Waals surface area contributed by atoms with Crippen molar-refractivity contribution in [3.63, 3.8) is 0 Å². The number of hydrogen-bond acceptors (Lipinski definition) is 6. The Morgan fingerprint density at radius 1 is 0.930 bits per heavy atom. The fraction of sp³-hybridized carbons (Fsp3) is 0.333. The molecule has 1 aliphatic heterocycles. The van der Waals surface area contributed by atoms with E-state index in [-0.39, 0.29) is 30.8 Å². The van der Waals surface area contributed by atoms with Crippen LogP contribution in [0.1, 0.15) is 62.8 Å². The molecule has 0 bridgehead atoms. The monoisotopic (exact) mass is 581 g/mol. The summed E-state index contributed by atoms with van der Waals surface area (Å²) in [4.78, 5) is 27.0. The van der Waals surface area contributed by atoms with E-state index in [2.05, 4.69) is 35.1 Å². The van der Waals surface area contributed by atoms with Crippen molar-refractivity contribution in [3.8, 4) is 11.5 Å². The van der Waals surface area contributed by atoms with Crippen molar-refractivity contribution in [3.05, 3.63) is 108 Å². The SMILES string of the molecule is COC(=O)COc1ccc(C2C[C@@H](CN(C(=O)OC(C)(C)C)[C@H](C)c3cccc4ccccc34)Oc3ccccc32)cc1. The Labute approximate surface area is 253 Å². The van der Waals surface area contributed by atoms with E-state index in [4.69, 9.17) is 14.2 Å². The summed E-state index contributed by atoms with van der Waals surface area (Å²) >= 11 is 0. The Bertz CT molecular complexity index is 1570. The van der Waals surface area contributed by atoms with Crippen molar-refractivity contribution >= 4 is 22.8 Å². The maximum absolute atomic E-state index is 13.8. The minimum atomic E-state index is -0.645. The van der Waals surface area contributed by atoms with E-state index in [9.17, 15) is 9.59 Å². The first kappa shape index (κ1) is 30.0. The van der Waals surface area contributed by atoms with Crippen LogP contribution in [0.3, 0.4) is 0 Å². The topological polar surface area (TPSA) is 74.3 Å². The number of nitrogens with zero attached hydrogens (tertiary/aromatic N) is 1. The van der Waals surface area contributed by atoms with Gasteiger partial charge in [-0.1, -0.05) is 72.8 Å². The van der Waals surface area contributed by atoms with Gasteiger partial charge in [-0.05, 0) is 74.2 Å². The number of fused-ring (bicyclic) bond motifs is 2. The molecule has 4 aromatic rings. The molecule has 4 aromatic carbocycles. The number of esters is 1. The number of benzene rings is 4. The quantitative estimate of drug-likeness (QED) is 0.199. The lowest BCUT2D eigenvalue weighted by atomic mass is 9.84. The van der Waals surface area contributed by atoms with Crippen LogP contribution in [-0.4, -0.2) is 48.9 Å². The fourth-order valence-corrected chi connectivity index (χ4v) is 5.63. The lowest BCUT2D eigenvalue weighted by molar-refractivity contribution is -0.142. The predicted octanol–water partition coefficient (Wildman–Crippen LogP) is 7.67. The van der Waals surface area contributed by atoms with Gasteiger partial charge in [-0.2, -0.15) is 0 Å². The van der Waals surface area contributed by atoms with Crippen molar-refractivity contribution < 1.29 is 28.5 Å². The Balaban J connectivity index is 1.44. The van der Waals surface area contributed by atoms with Gasteiger partial charge in [0.2, 0.25) is 0 Å². The van der Waals surface area contributed by atoms with Gasteiger partial charge < -0.3 is 18.9 Å². The fourth-order valence-electron chi connectivity index (χ4n) is 5.63. The molecule has 5 rings (SSSR count). The molecular formula is C36H39NO6. The number of methoxy groups -OCH3 is 1. The minimum absolute atomic E-state index is 0.0398. The molecule has 0 radical (unpaired) electrons. The zero-order valence-corrected chi connectivity index (χ0v) is 25.4. The van der Waals surface area contributed by atoms with Crippen molar-refractivity contribution in [2.24, 2.45) is 0 Å². The highest BCUT2D eigenvalue weighted by Crippen LogP contribution is 2.41.